The minimum atomic E-state index is -0.124. The Labute approximate surface area is 147 Å². The molecule has 0 aliphatic carbocycles. The van der Waals surface area contributed by atoms with Crippen molar-refractivity contribution in [2.45, 2.75) is 27.4 Å². The molecule has 0 atom stereocenters. The molecule has 0 aliphatic heterocycles. The van der Waals surface area contributed by atoms with Crippen LogP contribution in [0.1, 0.15) is 35.6 Å². The monoisotopic (exact) mass is 344 g/mol. The number of amides is 1. The Morgan fingerprint density at radius 1 is 1.16 bits per heavy atom. The number of anilines is 1. The molecule has 1 aromatic carbocycles. The summed E-state index contributed by atoms with van der Waals surface area (Å²) in [4.78, 5) is 22.9. The number of aromatic nitrogens is 2. The Hall–Kier alpha value is -2.83. The fraction of sp³-hybridized carbons (Fsp3) is 0.389. The molecule has 0 saturated carbocycles. The highest BCUT2D eigenvalue weighted by atomic mass is 16.5. The normalized spacial score (nSPS) is 10.4. The second-order valence-electron chi connectivity index (χ2n) is 5.41. The minimum Gasteiger partial charge on any atom is -0.493 e. The summed E-state index contributed by atoms with van der Waals surface area (Å²) in [6.45, 7) is 6.91. The van der Waals surface area contributed by atoms with Gasteiger partial charge in [0.15, 0.2) is 11.5 Å². The summed E-state index contributed by atoms with van der Waals surface area (Å²) in [6.07, 6.45) is 0. The van der Waals surface area contributed by atoms with Crippen LogP contribution in [-0.4, -0.2) is 41.0 Å². The van der Waals surface area contributed by atoms with Crippen LogP contribution in [0.15, 0.2) is 24.3 Å². The molecule has 1 heterocycles. The molecule has 1 amide bonds. The largest absolute Gasteiger partial charge is 0.493 e. The number of ether oxygens (including phenoxy) is 2. The SMILES string of the molecule is CCN(CC)C(=O)c1c(C)nc(N)nc1COc1ccccc1OC. The molecule has 0 radical (unpaired) electrons. The van der Waals surface area contributed by atoms with E-state index in [1.54, 1.807) is 31.1 Å². The topological polar surface area (TPSA) is 90.6 Å². The van der Waals surface area contributed by atoms with E-state index in [9.17, 15) is 4.79 Å². The van der Waals surface area contributed by atoms with Gasteiger partial charge in [0.2, 0.25) is 5.95 Å². The standard InChI is InChI=1S/C18H24N4O3/c1-5-22(6-2)17(23)16-12(3)20-18(19)21-13(16)11-25-15-10-8-7-9-14(15)24-4/h7-10H,5-6,11H2,1-4H3,(H2,19,20,21). The van der Waals surface area contributed by atoms with Gasteiger partial charge in [0.25, 0.3) is 5.91 Å². The van der Waals surface area contributed by atoms with Crippen molar-refractivity contribution in [2.75, 3.05) is 25.9 Å². The zero-order chi connectivity index (χ0) is 18.4. The van der Waals surface area contributed by atoms with Gasteiger partial charge in [0, 0.05) is 13.1 Å². The van der Waals surface area contributed by atoms with Crippen LogP contribution in [0.5, 0.6) is 11.5 Å². The van der Waals surface area contributed by atoms with Crippen LogP contribution in [0.25, 0.3) is 0 Å². The average molecular weight is 344 g/mol. The van der Waals surface area contributed by atoms with E-state index in [1.165, 1.54) is 0 Å². The first-order chi connectivity index (χ1) is 12.0. The summed E-state index contributed by atoms with van der Waals surface area (Å²) in [5.74, 6) is 1.17. The van der Waals surface area contributed by atoms with Gasteiger partial charge >= 0.3 is 0 Å². The fourth-order valence-electron chi connectivity index (χ4n) is 2.59. The predicted octanol–water partition coefficient (Wildman–Crippen LogP) is 2.44. The number of carbonyl (C=O) groups is 1. The van der Waals surface area contributed by atoms with E-state index in [0.717, 1.165) is 0 Å². The van der Waals surface area contributed by atoms with Gasteiger partial charge < -0.3 is 20.1 Å². The highest BCUT2D eigenvalue weighted by Crippen LogP contribution is 2.27. The molecule has 7 heteroatoms. The fourth-order valence-corrected chi connectivity index (χ4v) is 2.59. The summed E-state index contributed by atoms with van der Waals surface area (Å²) in [7, 11) is 1.57. The van der Waals surface area contributed by atoms with Crippen LogP contribution in [-0.2, 0) is 6.61 Å². The molecular weight excluding hydrogens is 320 g/mol. The Morgan fingerprint density at radius 3 is 2.40 bits per heavy atom. The van der Waals surface area contributed by atoms with Gasteiger partial charge in [-0.1, -0.05) is 12.1 Å². The number of benzene rings is 1. The average Bonchev–Trinajstić information content (AvgIpc) is 2.60. The van der Waals surface area contributed by atoms with Gasteiger partial charge in [-0.05, 0) is 32.9 Å². The molecule has 7 nitrogen and oxygen atoms in total. The molecule has 2 aromatic rings. The summed E-state index contributed by atoms with van der Waals surface area (Å²) in [6, 6.07) is 7.30. The maximum absolute atomic E-state index is 12.8. The number of methoxy groups -OCH3 is 1. The van der Waals surface area contributed by atoms with Crippen LogP contribution < -0.4 is 15.2 Å². The van der Waals surface area contributed by atoms with Gasteiger partial charge in [-0.3, -0.25) is 4.79 Å². The molecule has 2 N–H and O–H groups in total. The van der Waals surface area contributed by atoms with Gasteiger partial charge in [-0.25, -0.2) is 9.97 Å². The molecule has 0 fully saturated rings. The van der Waals surface area contributed by atoms with Crippen molar-refractivity contribution >= 4 is 11.9 Å². The third-order valence-corrected chi connectivity index (χ3v) is 3.88. The molecule has 0 saturated heterocycles. The van der Waals surface area contributed by atoms with Crippen molar-refractivity contribution in [3.63, 3.8) is 0 Å². The minimum absolute atomic E-state index is 0.0935. The molecule has 1 aromatic heterocycles. The van der Waals surface area contributed by atoms with Crippen LogP contribution in [0.3, 0.4) is 0 Å². The van der Waals surface area contributed by atoms with E-state index >= 15 is 0 Å². The van der Waals surface area contributed by atoms with E-state index in [1.807, 2.05) is 26.0 Å². The zero-order valence-electron chi connectivity index (χ0n) is 15.1. The number of hydrogen-bond donors (Lipinski definition) is 1. The molecule has 134 valence electrons. The number of rotatable bonds is 7. The second kappa shape index (κ2) is 8.32. The van der Waals surface area contributed by atoms with E-state index in [0.29, 0.717) is 41.5 Å². The first-order valence-electron chi connectivity index (χ1n) is 8.19. The van der Waals surface area contributed by atoms with Gasteiger partial charge in [-0.2, -0.15) is 0 Å². The third-order valence-electron chi connectivity index (χ3n) is 3.88. The Balaban J connectivity index is 2.35. The Morgan fingerprint density at radius 2 is 1.80 bits per heavy atom. The molecule has 25 heavy (non-hydrogen) atoms. The number of nitrogens with zero attached hydrogens (tertiary/aromatic N) is 3. The van der Waals surface area contributed by atoms with Crippen molar-refractivity contribution in [1.29, 1.82) is 0 Å². The summed E-state index contributed by atoms with van der Waals surface area (Å²) >= 11 is 0. The molecule has 2 rings (SSSR count). The first-order valence-corrected chi connectivity index (χ1v) is 8.19. The Kier molecular flexibility index (Phi) is 6.16. The Bertz CT molecular complexity index is 745. The number of para-hydroxylation sites is 2. The number of carbonyl (C=O) groups excluding carboxylic acids is 1. The van der Waals surface area contributed by atoms with Gasteiger partial charge in [0.1, 0.15) is 6.61 Å². The lowest BCUT2D eigenvalue weighted by molar-refractivity contribution is 0.0768. The third kappa shape index (κ3) is 4.17. The predicted molar refractivity (Wildman–Crippen MR) is 95.8 cm³/mol. The molecule has 0 spiro atoms. The van der Waals surface area contributed by atoms with Crippen LogP contribution in [0.4, 0.5) is 5.95 Å². The van der Waals surface area contributed by atoms with E-state index in [2.05, 4.69) is 9.97 Å². The number of aryl methyl sites for hydroxylation is 1. The molecule has 0 bridgehead atoms. The van der Waals surface area contributed by atoms with Crippen molar-refractivity contribution in [1.82, 2.24) is 14.9 Å². The first kappa shape index (κ1) is 18.5. The maximum Gasteiger partial charge on any atom is 0.257 e. The van der Waals surface area contributed by atoms with Crippen molar-refractivity contribution in [3.8, 4) is 11.5 Å². The van der Waals surface area contributed by atoms with Crippen molar-refractivity contribution in [2.24, 2.45) is 0 Å². The van der Waals surface area contributed by atoms with E-state index in [4.69, 9.17) is 15.2 Å². The van der Waals surface area contributed by atoms with Crippen molar-refractivity contribution in [3.05, 3.63) is 41.2 Å². The van der Waals surface area contributed by atoms with Crippen LogP contribution in [0, 0.1) is 6.92 Å². The molecular formula is C18H24N4O3. The van der Waals surface area contributed by atoms with Crippen molar-refractivity contribution < 1.29 is 14.3 Å². The highest BCUT2D eigenvalue weighted by molar-refractivity contribution is 5.96. The second-order valence-corrected chi connectivity index (χ2v) is 5.41. The number of hydrogen-bond acceptors (Lipinski definition) is 6. The van der Waals surface area contributed by atoms with Gasteiger partial charge in [0.05, 0.1) is 24.1 Å². The summed E-state index contributed by atoms with van der Waals surface area (Å²) in [5.41, 5.74) is 7.22. The van der Waals surface area contributed by atoms with Gasteiger partial charge in [-0.15, -0.1) is 0 Å². The zero-order valence-corrected chi connectivity index (χ0v) is 15.1. The quantitative estimate of drug-likeness (QED) is 0.829. The lowest BCUT2D eigenvalue weighted by Crippen LogP contribution is -2.32. The summed E-state index contributed by atoms with van der Waals surface area (Å²) in [5, 5.41) is 0. The number of nitrogen functional groups attached to an aromatic ring is 1. The number of nitrogens with two attached hydrogens (primary N) is 1. The highest BCUT2D eigenvalue weighted by Gasteiger charge is 2.22. The van der Waals surface area contributed by atoms with E-state index in [-0.39, 0.29) is 18.5 Å². The molecule has 0 unspecified atom stereocenters. The lowest BCUT2D eigenvalue weighted by atomic mass is 10.1. The van der Waals surface area contributed by atoms with E-state index < -0.39 is 0 Å². The summed E-state index contributed by atoms with van der Waals surface area (Å²) < 4.78 is 11.1. The van der Waals surface area contributed by atoms with Crippen LogP contribution >= 0.6 is 0 Å². The smallest absolute Gasteiger partial charge is 0.257 e. The lowest BCUT2D eigenvalue weighted by Gasteiger charge is -2.21. The molecule has 0 aliphatic rings. The van der Waals surface area contributed by atoms with Crippen LogP contribution in [0.2, 0.25) is 0 Å². The maximum atomic E-state index is 12.8.